The fourth-order valence-corrected chi connectivity index (χ4v) is 3.35. The van der Waals surface area contributed by atoms with Crippen LogP contribution < -0.4 is 14.8 Å². The molecule has 2 aromatic heterocycles. The van der Waals surface area contributed by atoms with E-state index in [1.807, 2.05) is 11.3 Å². The third-order valence-corrected chi connectivity index (χ3v) is 4.37. The number of thiophene rings is 1. The van der Waals surface area contributed by atoms with Gasteiger partial charge >= 0.3 is 0 Å². The van der Waals surface area contributed by atoms with Crippen LogP contribution in [0.25, 0.3) is 0 Å². The fraction of sp³-hybridized carbons (Fsp3) is 0.467. The topological polar surface area (TPSA) is 56.3 Å². The fourth-order valence-electron chi connectivity index (χ4n) is 2.33. The summed E-state index contributed by atoms with van der Waals surface area (Å²) in [4.78, 5) is 10.9. The van der Waals surface area contributed by atoms with Crippen LogP contribution in [-0.4, -0.2) is 24.2 Å². The Kier molecular flexibility index (Phi) is 5.14. The van der Waals surface area contributed by atoms with Crippen molar-refractivity contribution < 1.29 is 9.47 Å². The molecule has 0 aliphatic rings. The van der Waals surface area contributed by atoms with Gasteiger partial charge in [0.2, 0.25) is 11.8 Å². The summed E-state index contributed by atoms with van der Waals surface area (Å²) >= 11 is 1.82. The summed E-state index contributed by atoms with van der Waals surface area (Å²) in [6.45, 7) is 7.02. The Morgan fingerprint density at radius 3 is 2.29 bits per heavy atom. The molecule has 0 bridgehead atoms. The average molecular weight is 307 g/mol. The minimum atomic E-state index is 0.240. The summed E-state index contributed by atoms with van der Waals surface area (Å²) in [5, 5.41) is 3.49. The van der Waals surface area contributed by atoms with Gasteiger partial charge in [-0.15, -0.1) is 11.3 Å². The first-order valence-corrected chi connectivity index (χ1v) is 7.60. The van der Waals surface area contributed by atoms with Crippen molar-refractivity contribution in [2.45, 2.75) is 33.4 Å². The van der Waals surface area contributed by atoms with Crippen LogP contribution >= 0.6 is 11.3 Å². The molecule has 0 aliphatic carbocycles. The van der Waals surface area contributed by atoms with E-state index in [4.69, 9.17) is 9.47 Å². The molecule has 114 valence electrons. The second kappa shape index (κ2) is 6.87. The van der Waals surface area contributed by atoms with Crippen LogP contribution in [0.2, 0.25) is 0 Å². The normalized spacial score (nSPS) is 12.2. The van der Waals surface area contributed by atoms with Gasteiger partial charge in [0.15, 0.2) is 0 Å². The Hall–Kier alpha value is -1.66. The highest BCUT2D eigenvalue weighted by atomic mass is 32.1. The van der Waals surface area contributed by atoms with Crippen LogP contribution in [-0.2, 0) is 6.54 Å². The average Bonchev–Trinajstić information content (AvgIpc) is 2.83. The molecule has 0 fully saturated rings. The molecule has 0 aliphatic heterocycles. The zero-order valence-corrected chi connectivity index (χ0v) is 13.9. The molecule has 0 spiro atoms. The summed E-state index contributed by atoms with van der Waals surface area (Å²) in [6, 6.07) is 2.47. The number of aromatic nitrogens is 2. The van der Waals surface area contributed by atoms with Gasteiger partial charge in [-0.25, -0.2) is 9.97 Å². The number of nitrogens with zero attached hydrogens (tertiary/aromatic N) is 2. The van der Waals surface area contributed by atoms with E-state index in [-0.39, 0.29) is 6.04 Å². The van der Waals surface area contributed by atoms with Gasteiger partial charge < -0.3 is 14.8 Å². The van der Waals surface area contributed by atoms with Crippen LogP contribution in [0, 0.1) is 13.8 Å². The highest BCUT2D eigenvalue weighted by molar-refractivity contribution is 7.12. The first-order chi connectivity index (χ1) is 10.1. The number of aryl methyl sites for hydroxylation is 2. The summed E-state index contributed by atoms with van der Waals surface area (Å²) in [7, 11) is 3.20. The van der Waals surface area contributed by atoms with Crippen molar-refractivity contribution in [1.82, 2.24) is 15.3 Å². The van der Waals surface area contributed by atoms with Gasteiger partial charge in [0, 0.05) is 22.3 Å². The highest BCUT2D eigenvalue weighted by Crippen LogP contribution is 2.28. The first-order valence-electron chi connectivity index (χ1n) is 6.79. The summed E-state index contributed by atoms with van der Waals surface area (Å²) < 4.78 is 10.6. The Labute approximate surface area is 129 Å². The minimum absolute atomic E-state index is 0.240. The molecule has 0 aromatic carbocycles. The molecule has 21 heavy (non-hydrogen) atoms. The predicted molar refractivity (Wildman–Crippen MR) is 84.2 cm³/mol. The van der Waals surface area contributed by atoms with Gasteiger partial charge in [-0.3, -0.25) is 0 Å². The van der Waals surface area contributed by atoms with Gasteiger partial charge in [-0.2, -0.15) is 0 Å². The Morgan fingerprint density at radius 2 is 1.81 bits per heavy atom. The van der Waals surface area contributed by atoms with E-state index in [0.29, 0.717) is 18.3 Å². The van der Waals surface area contributed by atoms with Crippen LogP contribution in [0.4, 0.5) is 0 Å². The van der Waals surface area contributed by atoms with E-state index in [0.717, 1.165) is 5.56 Å². The smallest absolute Gasteiger partial charge is 0.224 e. The van der Waals surface area contributed by atoms with Crippen LogP contribution in [0.5, 0.6) is 11.8 Å². The van der Waals surface area contributed by atoms with E-state index < -0.39 is 0 Å². The molecule has 6 heteroatoms. The van der Waals surface area contributed by atoms with Crippen molar-refractivity contribution in [2.75, 3.05) is 14.2 Å². The zero-order chi connectivity index (χ0) is 15.4. The summed E-state index contributed by atoms with van der Waals surface area (Å²) in [5.74, 6) is 1.08. The highest BCUT2D eigenvalue weighted by Gasteiger charge is 2.16. The largest absolute Gasteiger partial charge is 0.481 e. The summed E-state index contributed by atoms with van der Waals surface area (Å²) in [5.41, 5.74) is 2.16. The Morgan fingerprint density at radius 1 is 1.19 bits per heavy atom. The number of nitrogens with one attached hydrogen (secondary N) is 1. The van der Waals surface area contributed by atoms with Gasteiger partial charge in [0.1, 0.15) is 6.33 Å². The molecule has 2 rings (SSSR count). The third-order valence-electron chi connectivity index (χ3n) is 3.38. The van der Waals surface area contributed by atoms with Crippen molar-refractivity contribution in [3.8, 4) is 11.8 Å². The predicted octanol–water partition coefficient (Wildman–Crippen LogP) is 3.02. The van der Waals surface area contributed by atoms with Gasteiger partial charge in [0.05, 0.1) is 19.8 Å². The second-order valence-electron chi connectivity index (χ2n) is 4.84. The molecule has 0 amide bonds. The van der Waals surface area contributed by atoms with E-state index in [1.165, 1.54) is 21.6 Å². The molecular weight excluding hydrogens is 286 g/mol. The SMILES string of the molecule is COc1ncnc(OC)c1CNC(C)c1cc(C)sc1C. The molecule has 1 N–H and O–H groups in total. The van der Waals surface area contributed by atoms with E-state index in [2.05, 4.69) is 42.1 Å². The molecular formula is C15H21N3O2S. The molecule has 0 saturated heterocycles. The lowest BCUT2D eigenvalue weighted by molar-refractivity contribution is 0.357. The molecule has 2 aromatic rings. The van der Waals surface area contributed by atoms with Crippen molar-refractivity contribution in [2.24, 2.45) is 0 Å². The molecule has 0 saturated carbocycles. The third kappa shape index (κ3) is 3.51. The lowest BCUT2D eigenvalue weighted by Crippen LogP contribution is -2.19. The number of rotatable bonds is 6. The molecule has 2 heterocycles. The van der Waals surface area contributed by atoms with Gasteiger partial charge in [-0.05, 0) is 32.4 Å². The molecule has 5 nitrogen and oxygen atoms in total. The van der Waals surface area contributed by atoms with Crippen LogP contribution in [0.1, 0.15) is 33.8 Å². The van der Waals surface area contributed by atoms with Gasteiger partial charge in [-0.1, -0.05) is 0 Å². The van der Waals surface area contributed by atoms with Crippen LogP contribution in [0.15, 0.2) is 12.4 Å². The lowest BCUT2D eigenvalue weighted by Gasteiger charge is -2.16. The molecule has 1 atom stereocenters. The number of ether oxygens (including phenoxy) is 2. The zero-order valence-electron chi connectivity index (χ0n) is 13.1. The standard InChI is InChI=1S/C15H21N3O2S/c1-9-6-12(11(3)21-9)10(2)16-7-13-14(19-4)17-8-18-15(13)20-5/h6,8,10,16H,7H2,1-5H3. The van der Waals surface area contributed by atoms with Crippen molar-refractivity contribution in [1.29, 1.82) is 0 Å². The number of methoxy groups -OCH3 is 2. The molecule has 0 radical (unpaired) electrons. The quantitative estimate of drug-likeness (QED) is 0.889. The van der Waals surface area contributed by atoms with Crippen LogP contribution in [0.3, 0.4) is 0 Å². The Bertz CT molecular complexity index is 591. The molecule has 1 unspecified atom stereocenters. The maximum atomic E-state index is 5.28. The second-order valence-corrected chi connectivity index (χ2v) is 6.30. The lowest BCUT2D eigenvalue weighted by atomic mass is 10.1. The Balaban J connectivity index is 2.14. The van der Waals surface area contributed by atoms with E-state index >= 15 is 0 Å². The monoisotopic (exact) mass is 307 g/mol. The maximum Gasteiger partial charge on any atom is 0.224 e. The number of hydrogen-bond acceptors (Lipinski definition) is 6. The minimum Gasteiger partial charge on any atom is -0.481 e. The van der Waals surface area contributed by atoms with Crippen molar-refractivity contribution >= 4 is 11.3 Å². The maximum absolute atomic E-state index is 5.28. The number of hydrogen-bond donors (Lipinski definition) is 1. The van der Waals surface area contributed by atoms with Crippen molar-refractivity contribution in [3.05, 3.63) is 33.3 Å². The van der Waals surface area contributed by atoms with Gasteiger partial charge in [0.25, 0.3) is 0 Å². The first kappa shape index (κ1) is 15.7. The summed E-state index contributed by atoms with van der Waals surface area (Å²) in [6.07, 6.45) is 1.44. The van der Waals surface area contributed by atoms with E-state index in [9.17, 15) is 0 Å². The van der Waals surface area contributed by atoms with E-state index in [1.54, 1.807) is 14.2 Å². The van der Waals surface area contributed by atoms with Crippen molar-refractivity contribution in [3.63, 3.8) is 0 Å².